The van der Waals surface area contributed by atoms with Crippen molar-refractivity contribution < 1.29 is 9.18 Å². The molecule has 0 aliphatic carbocycles. The zero-order valence-corrected chi connectivity index (χ0v) is 14.9. The van der Waals surface area contributed by atoms with Crippen molar-refractivity contribution in [1.82, 2.24) is 4.98 Å². The fourth-order valence-corrected chi connectivity index (χ4v) is 3.39. The van der Waals surface area contributed by atoms with Gasteiger partial charge in [0.1, 0.15) is 11.5 Å². The average Bonchev–Trinajstić information content (AvgIpc) is 3.13. The molecule has 0 spiro atoms. The normalized spacial score (nSPS) is 12.7. The van der Waals surface area contributed by atoms with E-state index in [0.717, 1.165) is 17.8 Å². The number of fused-ring (bicyclic) bond motifs is 1. The number of hydrogen-bond donors (Lipinski definition) is 1. The molecule has 2 heterocycles. The van der Waals surface area contributed by atoms with Crippen LogP contribution in [0.2, 0.25) is 0 Å². The van der Waals surface area contributed by atoms with Crippen LogP contribution in [0.1, 0.15) is 21.6 Å². The Labute approximate surface area is 157 Å². The van der Waals surface area contributed by atoms with Gasteiger partial charge in [0, 0.05) is 30.7 Å². The molecule has 0 atom stereocenters. The minimum atomic E-state index is -0.197. The summed E-state index contributed by atoms with van der Waals surface area (Å²) < 4.78 is 13.7. The van der Waals surface area contributed by atoms with E-state index in [1.54, 1.807) is 29.3 Å². The van der Waals surface area contributed by atoms with Gasteiger partial charge in [0.05, 0.1) is 0 Å². The number of hydrogen-bond acceptors (Lipinski definition) is 3. The lowest BCUT2D eigenvalue weighted by Crippen LogP contribution is -2.29. The van der Waals surface area contributed by atoms with E-state index in [2.05, 4.69) is 16.4 Å². The maximum atomic E-state index is 13.7. The molecular formula is C22H20FN3O. The zero-order valence-electron chi connectivity index (χ0n) is 14.9. The van der Waals surface area contributed by atoms with Gasteiger partial charge in [-0.2, -0.15) is 0 Å². The molecule has 1 N–H and O–H groups in total. The topological polar surface area (TPSA) is 45.2 Å². The van der Waals surface area contributed by atoms with Crippen molar-refractivity contribution in [2.75, 3.05) is 23.3 Å². The van der Waals surface area contributed by atoms with Crippen molar-refractivity contribution in [2.45, 2.75) is 12.8 Å². The number of pyridine rings is 1. The fourth-order valence-electron chi connectivity index (χ4n) is 3.39. The molecule has 4 rings (SSSR count). The highest BCUT2D eigenvalue weighted by Crippen LogP contribution is 2.28. The first-order valence-corrected chi connectivity index (χ1v) is 9.05. The van der Waals surface area contributed by atoms with E-state index in [0.29, 0.717) is 30.8 Å². The Morgan fingerprint density at radius 3 is 2.81 bits per heavy atom. The summed E-state index contributed by atoms with van der Waals surface area (Å²) in [4.78, 5) is 18.9. The Balaban J connectivity index is 1.43. The molecule has 0 fully saturated rings. The minimum absolute atomic E-state index is 0.0993. The third-order valence-corrected chi connectivity index (χ3v) is 4.79. The third-order valence-electron chi connectivity index (χ3n) is 4.79. The summed E-state index contributed by atoms with van der Waals surface area (Å²) in [5, 5.41) is 3.25. The molecule has 5 heteroatoms. The van der Waals surface area contributed by atoms with E-state index in [1.165, 1.54) is 11.6 Å². The lowest BCUT2D eigenvalue weighted by Gasteiger charge is -2.17. The SMILES string of the molecule is O=C(c1cc(NCCc2ccccc2F)ccn1)N1CCc2ccccc21. The van der Waals surface area contributed by atoms with Gasteiger partial charge in [0.25, 0.3) is 5.91 Å². The summed E-state index contributed by atoms with van der Waals surface area (Å²) in [5.74, 6) is -0.296. The number of para-hydroxylation sites is 1. The first-order valence-electron chi connectivity index (χ1n) is 9.05. The second kappa shape index (κ2) is 7.58. The maximum absolute atomic E-state index is 13.7. The second-order valence-electron chi connectivity index (χ2n) is 6.53. The van der Waals surface area contributed by atoms with Gasteiger partial charge < -0.3 is 10.2 Å². The lowest BCUT2D eigenvalue weighted by molar-refractivity contribution is 0.0984. The Hall–Kier alpha value is -3.21. The Kier molecular flexibility index (Phi) is 4.83. The van der Waals surface area contributed by atoms with Crippen LogP contribution in [0.3, 0.4) is 0 Å². The number of amides is 1. The molecule has 4 nitrogen and oxygen atoms in total. The molecule has 1 aromatic heterocycles. The quantitative estimate of drug-likeness (QED) is 0.745. The molecule has 1 aliphatic heterocycles. The van der Waals surface area contributed by atoms with Crippen molar-refractivity contribution in [3.63, 3.8) is 0 Å². The molecule has 0 unspecified atom stereocenters. The van der Waals surface area contributed by atoms with E-state index in [-0.39, 0.29) is 11.7 Å². The summed E-state index contributed by atoms with van der Waals surface area (Å²) in [7, 11) is 0. The van der Waals surface area contributed by atoms with Crippen LogP contribution in [0, 0.1) is 5.82 Å². The van der Waals surface area contributed by atoms with E-state index >= 15 is 0 Å². The van der Waals surface area contributed by atoms with E-state index in [1.807, 2.05) is 30.3 Å². The van der Waals surface area contributed by atoms with Gasteiger partial charge in [-0.15, -0.1) is 0 Å². The van der Waals surface area contributed by atoms with Crippen LogP contribution in [0.25, 0.3) is 0 Å². The third kappa shape index (κ3) is 3.67. The molecule has 1 aliphatic rings. The monoisotopic (exact) mass is 361 g/mol. The molecule has 0 saturated heterocycles. The molecule has 0 saturated carbocycles. The molecule has 2 aromatic carbocycles. The number of nitrogens with one attached hydrogen (secondary N) is 1. The van der Waals surface area contributed by atoms with Crippen LogP contribution in [0.5, 0.6) is 0 Å². The van der Waals surface area contributed by atoms with Crippen LogP contribution in [0.4, 0.5) is 15.8 Å². The first kappa shape index (κ1) is 17.2. The van der Waals surface area contributed by atoms with Crippen LogP contribution in [0.15, 0.2) is 66.9 Å². The largest absolute Gasteiger partial charge is 0.385 e. The van der Waals surface area contributed by atoms with E-state index in [9.17, 15) is 9.18 Å². The van der Waals surface area contributed by atoms with E-state index in [4.69, 9.17) is 0 Å². The molecule has 136 valence electrons. The predicted molar refractivity (Wildman–Crippen MR) is 105 cm³/mol. The molecule has 1 amide bonds. The van der Waals surface area contributed by atoms with Gasteiger partial charge in [0.2, 0.25) is 0 Å². The smallest absolute Gasteiger partial charge is 0.276 e. The van der Waals surface area contributed by atoms with Gasteiger partial charge in [-0.05, 0) is 48.2 Å². The van der Waals surface area contributed by atoms with Crippen molar-refractivity contribution in [1.29, 1.82) is 0 Å². The number of carbonyl (C=O) groups excluding carboxylic acids is 1. The van der Waals surface area contributed by atoms with Crippen LogP contribution >= 0.6 is 0 Å². The Morgan fingerprint density at radius 1 is 1.11 bits per heavy atom. The van der Waals surface area contributed by atoms with Crippen LogP contribution < -0.4 is 10.2 Å². The summed E-state index contributed by atoms with van der Waals surface area (Å²) >= 11 is 0. The van der Waals surface area contributed by atoms with E-state index < -0.39 is 0 Å². The number of aromatic nitrogens is 1. The van der Waals surface area contributed by atoms with Gasteiger partial charge >= 0.3 is 0 Å². The number of anilines is 2. The summed E-state index contributed by atoms with van der Waals surface area (Å²) in [6.45, 7) is 1.25. The number of rotatable bonds is 5. The average molecular weight is 361 g/mol. The van der Waals surface area contributed by atoms with Crippen molar-refractivity contribution in [2.24, 2.45) is 0 Å². The second-order valence-corrected chi connectivity index (χ2v) is 6.53. The van der Waals surface area contributed by atoms with Crippen molar-refractivity contribution >= 4 is 17.3 Å². The first-order chi connectivity index (χ1) is 13.2. The summed E-state index contributed by atoms with van der Waals surface area (Å²) in [6.07, 6.45) is 3.06. The lowest BCUT2D eigenvalue weighted by atomic mass is 10.1. The molecule has 0 bridgehead atoms. The Bertz CT molecular complexity index is 973. The zero-order chi connectivity index (χ0) is 18.6. The van der Waals surface area contributed by atoms with Gasteiger partial charge in [-0.3, -0.25) is 9.78 Å². The minimum Gasteiger partial charge on any atom is -0.385 e. The van der Waals surface area contributed by atoms with Crippen LogP contribution in [-0.4, -0.2) is 24.0 Å². The number of nitrogens with zero attached hydrogens (tertiary/aromatic N) is 2. The summed E-state index contributed by atoms with van der Waals surface area (Å²) in [6, 6.07) is 18.3. The predicted octanol–water partition coefficient (Wildman–Crippen LogP) is 4.08. The van der Waals surface area contributed by atoms with Crippen molar-refractivity contribution in [3.8, 4) is 0 Å². The summed E-state index contributed by atoms with van der Waals surface area (Å²) in [5.41, 5.74) is 4.02. The fraction of sp³-hybridized carbons (Fsp3) is 0.182. The highest BCUT2D eigenvalue weighted by Gasteiger charge is 2.25. The maximum Gasteiger partial charge on any atom is 0.276 e. The van der Waals surface area contributed by atoms with Gasteiger partial charge in [-0.25, -0.2) is 4.39 Å². The van der Waals surface area contributed by atoms with Gasteiger partial charge in [0.15, 0.2) is 0 Å². The highest BCUT2D eigenvalue weighted by atomic mass is 19.1. The van der Waals surface area contributed by atoms with Crippen molar-refractivity contribution in [3.05, 3.63) is 89.5 Å². The number of carbonyl (C=O) groups is 1. The van der Waals surface area contributed by atoms with Gasteiger partial charge in [-0.1, -0.05) is 36.4 Å². The van der Waals surface area contributed by atoms with Crippen LogP contribution in [-0.2, 0) is 12.8 Å². The molecule has 27 heavy (non-hydrogen) atoms. The number of halogens is 1. The molecule has 0 radical (unpaired) electrons. The Morgan fingerprint density at radius 2 is 1.93 bits per heavy atom. The number of benzene rings is 2. The molecule has 3 aromatic rings. The standard InChI is InChI=1S/C22H20FN3O/c23-19-7-3-1-5-16(19)9-12-24-18-10-13-25-20(15-18)22(27)26-14-11-17-6-2-4-8-21(17)26/h1-8,10,13,15H,9,11-12,14H2,(H,24,25). The highest BCUT2D eigenvalue weighted by molar-refractivity contribution is 6.06. The molecular weight excluding hydrogens is 341 g/mol.